The molecule has 0 fully saturated rings. The van der Waals surface area contributed by atoms with Gasteiger partial charge >= 0.3 is 0 Å². The van der Waals surface area contributed by atoms with Gasteiger partial charge in [0.25, 0.3) is 0 Å². The Balaban J connectivity index is 2.30. The van der Waals surface area contributed by atoms with Crippen molar-refractivity contribution < 1.29 is 5.11 Å². The highest BCUT2D eigenvalue weighted by molar-refractivity contribution is 9.10. The zero-order valence-corrected chi connectivity index (χ0v) is 12.6. The molecule has 1 aromatic carbocycles. The average molecular weight is 321 g/mol. The van der Waals surface area contributed by atoms with Crippen LogP contribution in [0.4, 0.5) is 5.82 Å². The number of anilines is 1. The fourth-order valence-corrected chi connectivity index (χ4v) is 2.12. The van der Waals surface area contributed by atoms with Crippen LogP contribution in [-0.2, 0) is 5.54 Å². The highest BCUT2D eigenvalue weighted by atomic mass is 79.9. The van der Waals surface area contributed by atoms with E-state index in [2.05, 4.69) is 26.2 Å². The molecule has 0 spiro atoms. The molecule has 2 N–H and O–H groups in total. The molecule has 1 heterocycles. The largest absolute Gasteiger partial charge is 0.394 e. The van der Waals surface area contributed by atoms with Crippen molar-refractivity contribution in [2.45, 2.75) is 19.4 Å². The van der Waals surface area contributed by atoms with Gasteiger partial charge in [-0.3, -0.25) is 0 Å². The van der Waals surface area contributed by atoms with E-state index in [9.17, 15) is 5.11 Å². The van der Waals surface area contributed by atoms with Crippen LogP contribution in [0.1, 0.15) is 18.1 Å². The number of pyridine rings is 1. The van der Waals surface area contributed by atoms with E-state index in [1.54, 1.807) is 6.20 Å². The van der Waals surface area contributed by atoms with E-state index in [1.165, 1.54) is 0 Å². The first-order chi connectivity index (χ1) is 9.05. The van der Waals surface area contributed by atoms with Gasteiger partial charge in [0.2, 0.25) is 0 Å². The van der Waals surface area contributed by atoms with Crippen LogP contribution in [0.3, 0.4) is 0 Å². The van der Waals surface area contributed by atoms with Gasteiger partial charge < -0.3 is 10.4 Å². The van der Waals surface area contributed by atoms with Crippen molar-refractivity contribution in [3.05, 3.63) is 58.2 Å². The maximum Gasteiger partial charge on any atom is 0.126 e. The number of benzene rings is 1. The van der Waals surface area contributed by atoms with Crippen LogP contribution in [-0.4, -0.2) is 16.7 Å². The Morgan fingerprint density at radius 2 is 2.00 bits per heavy atom. The number of nitrogens with zero attached hydrogens (tertiary/aromatic N) is 1. The second-order valence-electron chi connectivity index (χ2n) is 4.80. The van der Waals surface area contributed by atoms with E-state index in [0.717, 1.165) is 21.4 Å². The maximum atomic E-state index is 9.72. The second-order valence-corrected chi connectivity index (χ2v) is 5.65. The standard InChI is InChI=1S/C15H17BrN2O/c1-11-8-14(17-9-13(11)16)18-15(2,10-19)12-6-4-3-5-7-12/h3-9,19H,10H2,1-2H3,(H,17,18). The van der Waals surface area contributed by atoms with Crippen molar-refractivity contribution >= 4 is 21.7 Å². The van der Waals surface area contributed by atoms with Gasteiger partial charge in [0.1, 0.15) is 5.82 Å². The molecule has 0 bridgehead atoms. The first-order valence-corrected chi connectivity index (χ1v) is 6.91. The van der Waals surface area contributed by atoms with Crippen LogP contribution < -0.4 is 5.32 Å². The lowest BCUT2D eigenvalue weighted by molar-refractivity contribution is 0.223. The second kappa shape index (κ2) is 5.72. The smallest absolute Gasteiger partial charge is 0.126 e. The summed E-state index contributed by atoms with van der Waals surface area (Å²) < 4.78 is 0.975. The number of rotatable bonds is 4. The Morgan fingerprint density at radius 3 is 2.58 bits per heavy atom. The van der Waals surface area contributed by atoms with Crippen molar-refractivity contribution in [2.75, 3.05) is 11.9 Å². The van der Waals surface area contributed by atoms with Crippen LogP contribution >= 0.6 is 15.9 Å². The molecule has 0 radical (unpaired) electrons. The molecule has 0 aliphatic heterocycles. The summed E-state index contributed by atoms with van der Waals surface area (Å²) in [6.45, 7) is 3.96. The molecular weight excluding hydrogens is 304 g/mol. The number of aliphatic hydroxyl groups is 1. The molecule has 0 aliphatic rings. The number of aliphatic hydroxyl groups excluding tert-OH is 1. The summed E-state index contributed by atoms with van der Waals surface area (Å²) in [4.78, 5) is 4.33. The highest BCUT2D eigenvalue weighted by Crippen LogP contribution is 2.26. The van der Waals surface area contributed by atoms with Crippen molar-refractivity contribution in [3.63, 3.8) is 0 Å². The predicted octanol–water partition coefficient (Wildman–Crippen LogP) is 3.47. The van der Waals surface area contributed by atoms with Crippen molar-refractivity contribution in [1.29, 1.82) is 0 Å². The lowest BCUT2D eigenvalue weighted by atomic mass is 9.93. The third-order valence-corrected chi connectivity index (χ3v) is 4.01. The summed E-state index contributed by atoms with van der Waals surface area (Å²) in [7, 11) is 0. The Bertz CT molecular complexity index is 559. The van der Waals surface area contributed by atoms with Crippen LogP contribution in [0.5, 0.6) is 0 Å². The normalized spacial score (nSPS) is 13.9. The minimum absolute atomic E-state index is 0.00615. The van der Waals surface area contributed by atoms with Crippen LogP contribution in [0.2, 0.25) is 0 Å². The molecule has 3 nitrogen and oxygen atoms in total. The number of aryl methyl sites for hydroxylation is 1. The van der Waals surface area contributed by atoms with Crippen molar-refractivity contribution in [3.8, 4) is 0 Å². The highest BCUT2D eigenvalue weighted by Gasteiger charge is 2.25. The number of hydrogen-bond acceptors (Lipinski definition) is 3. The van der Waals surface area contributed by atoms with Gasteiger partial charge in [0, 0.05) is 10.7 Å². The molecule has 2 aromatic rings. The fraction of sp³-hybridized carbons (Fsp3) is 0.267. The summed E-state index contributed by atoms with van der Waals surface area (Å²) in [5.41, 5.74) is 1.58. The molecular formula is C15H17BrN2O. The van der Waals surface area contributed by atoms with Gasteiger partial charge in [-0.2, -0.15) is 0 Å². The topological polar surface area (TPSA) is 45.1 Å². The Labute approximate surface area is 121 Å². The third kappa shape index (κ3) is 3.14. The Hall–Kier alpha value is -1.39. The van der Waals surface area contributed by atoms with Gasteiger partial charge in [0.05, 0.1) is 12.1 Å². The summed E-state index contributed by atoms with van der Waals surface area (Å²) in [5.74, 6) is 0.751. The average Bonchev–Trinajstić information content (AvgIpc) is 2.44. The van der Waals surface area contributed by atoms with E-state index in [1.807, 2.05) is 50.2 Å². The zero-order chi connectivity index (χ0) is 13.9. The zero-order valence-electron chi connectivity index (χ0n) is 11.0. The van der Waals surface area contributed by atoms with E-state index in [-0.39, 0.29) is 6.61 Å². The SMILES string of the molecule is Cc1cc(NC(C)(CO)c2ccccc2)ncc1Br. The van der Waals surface area contributed by atoms with E-state index < -0.39 is 5.54 Å². The van der Waals surface area contributed by atoms with Crippen molar-refractivity contribution in [1.82, 2.24) is 4.98 Å². The van der Waals surface area contributed by atoms with Gasteiger partial charge in [-0.1, -0.05) is 30.3 Å². The molecule has 2 rings (SSSR count). The lowest BCUT2D eigenvalue weighted by Crippen LogP contribution is -2.36. The molecule has 1 aromatic heterocycles. The molecule has 1 atom stereocenters. The molecule has 4 heteroatoms. The summed E-state index contributed by atoms with van der Waals surface area (Å²) in [6.07, 6.45) is 1.76. The van der Waals surface area contributed by atoms with Gasteiger partial charge in [-0.05, 0) is 47.0 Å². The Morgan fingerprint density at radius 1 is 1.32 bits per heavy atom. The van der Waals surface area contributed by atoms with E-state index in [0.29, 0.717) is 0 Å². The van der Waals surface area contributed by atoms with E-state index >= 15 is 0 Å². The molecule has 0 aliphatic carbocycles. The molecule has 0 saturated carbocycles. The molecule has 1 unspecified atom stereocenters. The fourth-order valence-electron chi connectivity index (χ4n) is 1.90. The van der Waals surface area contributed by atoms with E-state index in [4.69, 9.17) is 0 Å². The number of halogens is 1. The summed E-state index contributed by atoms with van der Waals surface area (Å²) in [5, 5.41) is 13.0. The number of aromatic nitrogens is 1. The maximum absolute atomic E-state index is 9.72. The first-order valence-electron chi connectivity index (χ1n) is 6.12. The monoisotopic (exact) mass is 320 g/mol. The first kappa shape index (κ1) is 14.0. The minimum Gasteiger partial charge on any atom is -0.394 e. The minimum atomic E-state index is -0.547. The van der Waals surface area contributed by atoms with Crippen LogP contribution in [0.15, 0.2) is 47.1 Å². The van der Waals surface area contributed by atoms with Gasteiger partial charge in [0.15, 0.2) is 0 Å². The number of hydrogen-bond donors (Lipinski definition) is 2. The third-order valence-electron chi connectivity index (χ3n) is 3.18. The van der Waals surface area contributed by atoms with Crippen LogP contribution in [0, 0.1) is 6.92 Å². The molecule has 0 amide bonds. The Kier molecular flexibility index (Phi) is 4.22. The molecule has 100 valence electrons. The van der Waals surface area contributed by atoms with Gasteiger partial charge in [-0.25, -0.2) is 4.98 Å². The quantitative estimate of drug-likeness (QED) is 0.906. The van der Waals surface area contributed by atoms with Crippen molar-refractivity contribution in [2.24, 2.45) is 0 Å². The predicted molar refractivity (Wildman–Crippen MR) is 81.2 cm³/mol. The van der Waals surface area contributed by atoms with Crippen LogP contribution in [0.25, 0.3) is 0 Å². The lowest BCUT2D eigenvalue weighted by Gasteiger charge is -2.30. The summed E-state index contributed by atoms with van der Waals surface area (Å²) in [6, 6.07) is 11.8. The summed E-state index contributed by atoms with van der Waals surface area (Å²) >= 11 is 3.43. The molecule has 19 heavy (non-hydrogen) atoms. The van der Waals surface area contributed by atoms with Gasteiger partial charge in [-0.15, -0.1) is 0 Å². The number of nitrogens with one attached hydrogen (secondary N) is 1. The molecule has 0 saturated heterocycles.